The normalized spacial score (nSPS) is 9.64. The van der Waals surface area contributed by atoms with Crippen molar-refractivity contribution in [3.63, 3.8) is 0 Å². The molecule has 11 heavy (non-hydrogen) atoms. The summed E-state index contributed by atoms with van der Waals surface area (Å²) in [6.45, 7) is 0. The predicted molar refractivity (Wildman–Crippen MR) is 40.8 cm³/mol. The van der Waals surface area contributed by atoms with E-state index in [-0.39, 0.29) is 4.47 Å². The molecule has 0 amide bonds. The molecule has 1 rings (SSSR count). The second-order valence-corrected chi connectivity index (χ2v) is 2.68. The number of hydrogen-bond donors (Lipinski definition) is 0. The van der Waals surface area contributed by atoms with Crippen molar-refractivity contribution in [3.05, 3.63) is 38.6 Å². The lowest BCUT2D eigenvalue weighted by Crippen LogP contribution is -1.92. The summed E-state index contributed by atoms with van der Waals surface area (Å²) in [6.07, 6.45) is 0. The average molecular weight is 220 g/mol. The van der Waals surface area contributed by atoms with Gasteiger partial charge in [0.2, 0.25) is 5.82 Å². The molecular weight excluding hydrogens is 217 g/mol. The number of para-hydroxylation sites is 1. The van der Waals surface area contributed by atoms with E-state index in [0.717, 1.165) is 6.07 Å². The van der Waals surface area contributed by atoms with Crippen LogP contribution < -0.4 is 0 Å². The van der Waals surface area contributed by atoms with Crippen LogP contribution in [0, 0.1) is 15.9 Å². The van der Waals surface area contributed by atoms with E-state index in [2.05, 4.69) is 15.9 Å². The van der Waals surface area contributed by atoms with Gasteiger partial charge in [-0.05, 0) is 28.1 Å². The van der Waals surface area contributed by atoms with E-state index < -0.39 is 16.4 Å². The Bertz CT molecular complexity index is 282. The van der Waals surface area contributed by atoms with Crippen molar-refractivity contribution < 1.29 is 9.31 Å². The molecule has 3 nitrogen and oxygen atoms in total. The summed E-state index contributed by atoms with van der Waals surface area (Å²) in [4.78, 5) is 9.41. The lowest BCUT2D eigenvalue weighted by molar-refractivity contribution is -0.388. The molecule has 58 valence electrons. The Hall–Kier alpha value is -0.970. The van der Waals surface area contributed by atoms with Gasteiger partial charge in [-0.1, -0.05) is 6.07 Å². The smallest absolute Gasteiger partial charge is 0.258 e. The van der Waals surface area contributed by atoms with Crippen LogP contribution in [0.4, 0.5) is 10.1 Å². The minimum absolute atomic E-state index is 0.155. The van der Waals surface area contributed by atoms with Gasteiger partial charge in [-0.15, -0.1) is 0 Å². The fraction of sp³-hybridized carbons (Fsp3) is 0. The van der Waals surface area contributed by atoms with Crippen molar-refractivity contribution in [2.45, 2.75) is 0 Å². The van der Waals surface area contributed by atoms with Crippen molar-refractivity contribution in [2.75, 3.05) is 0 Å². The lowest BCUT2D eigenvalue weighted by Gasteiger charge is -1.94. The average Bonchev–Trinajstić information content (AvgIpc) is 1.85. The third-order valence-electron chi connectivity index (χ3n) is 1.12. The maximum absolute atomic E-state index is 12.6. The summed E-state index contributed by atoms with van der Waals surface area (Å²) < 4.78 is 12.8. The summed E-state index contributed by atoms with van der Waals surface area (Å²) in [5, 5.41) is 10.2. The SMILES string of the molecule is O=[N+]([O-])c1c(F)cccc1Br. The topological polar surface area (TPSA) is 43.1 Å². The summed E-state index contributed by atoms with van der Waals surface area (Å²) in [7, 11) is 0. The molecule has 0 heterocycles. The van der Waals surface area contributed by atoms with Gasteiger partial charge in [-0.3, -0.25) is 10.1 Å². The molecule has 0 bridgehead atoms. The van der Waals surface area contributed by atoms with E-state index in [1.165, 1.54) is 12.1 Å². The van der Waals surface area contributed by atoms with E-state index in [1.54, 1.807) is 0 Å². The lowest BCUT2D eigenvalue weighted by atomic mass is 10.3. The summed E-state index contributed by atoms with van der Waals surface area (Å²) in [5.41, 5.74) is -0.521. The zero-order chi connectivity index (χ0) is 8.43. The Morgan fingerprint density at radius 1 is 1.55 bits per heavy atom. The number of nitro groups is 1. The zero-order valence-corrected chi connectivity index (χ0v) is 6.84. The van der Waals surface area contributed by atoms with Crippen LogP contribution >= 0.6 is 15.9 Å². The number of halogens is 2. The Morgan fingerprint density at radius 2 is 2.18 bits per heavy atom. The molecule has 0 aliphatic carbocycles. The first-order chi connectivity index (χ1) is 5.13. The highest BCUT2D eigenvalue weighted by molar-refractivity contribution is 9.10. The maximum Gasteiger partial charge on any atom is 0.318 e. The Labute approximate surface area is 70.1 Å². The molecule has 0 spiro atoms. The van der Waals surface area contributed by atoms with Crippen LogP contribution in [0.1, 0.15) is 0 Å². The van der Waals surface area contributed by atoms with Crippen molar-refractivity contribution in [1.82, 2.24) is 0 Å². The monoisotopic (exact) mass is 219 g/mol. The molecule has 0 saturated heterocycles. The molecular formula is C6H3BrFNO2. The van der Waals surface area contributed by atoms with Gasteiger partial charge < -0.3 is 0 Å². The van der Waals surface area contributed by atoms with E-state index in [4.69, 9.17) is 0 Å². The predicted octanol–water partition coefficient (Wildman–Crippen LogP) is 2.50. The first-order valence-electron chi connectivity index (χ1n) is 2.71. The highest BCUT2D eigenvalue weighted by atomic mass is 79.9. The maximum atomic E-state index is 12.6. The number of nitro benzene ring substituents is 1. The minimum atomic E-state index is -0.829. The van der Waals surface area contributed by atoms with E-state index in [9.17, 15) is 14.5 Å². The molecule has 0 radical (unpaired) electrons. The molecule has 0 unspecified atom stereocenters. The first kappa shape index (κ1) is 8.13. The van der Waals surface area contributed by atoms with Crippen LogP contribution in [-0.4, -0.2) is 4.92 Å². The molecule has 0 aliphatic heterocycles. The van der Waals surface area contributed by atoms with Gasteiger partial charge in [-0.25, -0.2) is 0 Å². The molecule has 0 fully saturated rings. The highest BCUT2D eigenvalue weighted by Crippen LogP contribution is 2.26. The van der Waals surface area contributed by atoms with Gasteiger partial charge in [0.05, 0.1) is 9.40 Å². The van der Waals surface area contributed by atoms with Crippen molar-refractivity contribution in [1.29, 1.82) is 0 Å². The molecule has 0 aliphatic rings. The summed E-state index contributed by atoms with van der Waals surface area (Å²) in [6, 6.07) is 3.86. The fourth-order valence-electron chi connectivity index (χ4n) is 0.663. The molecule has 0 saturated carbocycles. The van der Waals surface area contributed by atoms with Crippen molar-refractivity contribution in [2.24, 2.45) is 0 Å². The van der Waals surface area contributed by atoms with Gasteiger partial charge in [0.15, 0.2) is 0 Å². The largest absolute Gasteiger partial charge is 0.318 e. The number of hydrogen-bond acceptors (Lipinski definition) is 2. The number of benzene rings is 1. The quantitative estimate of drug-likeness (QED) is 0.538. The molecule has 0 N–H and O–H groups in total. The van der Waals surface area contributed by atoms with Crippen LogP contribution in [0.3, 0.4) is 0 Å². The van der Waals surface area contributed by atoms with Crippen LogP contribution in [0.2, 0.25) is 0 Å². The number of rotatable bonds is 1. The van der Waals surface area contributed by atoms with E-state index in [1.807, 2.05) is 0 Å². The van der Waals surface area contributed by atoms with Gasteiger partial charge in [0.25, 0.3) is 0 Å². The summed E-state index contributed by atoms with van der Waals surface area (Å²) in [5.74, 6) is -0.829. The molecule has 0 atom stereocenters. The Morgan fingerprint density at radius 3 is 2.55 bits per heavy atom. The zero-order valence-electron chi connectivity index (χ0n) is 5.25. The summed E-state index contributed by atoms with van der Waals surface area (Å²) >= 11 is 2.87. The Balaban J connectivity index is 3.32. The van der Waals surface area contributed by atoms with Crippen molar-refractivity contribution in [3.8, 4) is 0 Å². The van der Waals surface area contributed by atoms with Crippen LogP contribution in [0.5, 0.6) is 0 Å². The molecule has 1 aromatic carbocycles. The third-order valence-corrected chi connectivity index (χ3v) is 1.76. The highest BCUT2D eigenvalue weighted by Gasteiger charge is 2.16. The van der Waals surface area contributed by atoms with Crippen LogP contribution in [0.15, 0.2) is 22.7 Å². The first-order valence-corrected chi connectivity index (χ1v) is 3.50. The van der Waals surface area contributed by atoms with Gasteiger partial charge in [0.1, 0.15) is 0 Å². The van der Waals surface area contributed by atoms with Gasteiger partial charge in [0, 0.05) is 0 Å². The van der Waals surface area contributed by atoms with E-state index in [0.29, 0.717) is 0 Å². The third kappa shape index (κ3) is 1.54. The van der Waals surface area contributed by atoms with Gasteiger partial charge >= 0.3 is 5.69 Å². The second-order valence-electron chi connectivity index (χ2n) is 1.83. The fourth-order valence-corrected chi connectivity index (χ4v) is 1.15. The van der Waals surface area contributed by atoms with Crippen LogP contribution in [0.25, 0.3) is 0 Å². The molecule has 5 heteroatoms. The van der Waals surface area contributed by atoms with E-state index >= 15 is 0 Å². The second kappa shape index (κ2) is 2.96. The number of nitrogens with zero attached hydrogens (tertiary/aromatic N) is 1. The molecule has 0 aromatic heterocycles. The minimum Gasteiger partial charge on any atom is -0.258 e. The standard InChI is InChI=1S/C6H3BrFNO2/c7-4-2-1-3-5(8)6(4)9(10)11/h1-3H. The van der Waals surface area contributed by atoms with Crippen LogP contribution in [-0.2, 0) is 0 Å². The Kier molecular flexibility index (Phi) is 2.19. The van der Waals surface area contributed by atoms with Crippen molar-refractivity contribution >= 4 is 21.6 Å². The van der Waals surface area contributed by atoms with Gasteiger partial charge in [-0.2, -0.15) is 4.39 Å². The molecule has 1 aromatic rings.